The minimum Gasteiger partial charge on any atom is -0.338 e. The minimum absolute atomic E-state index is 0. The van der Waals surface area contributed by atoms with E-state index < -0.39 is 0 Å². The molecule has 142 valence electrons. The van der Waals surface area contributed by atoms with Crippen LogP contribution >= 0.6 is 12.4 Å². The lowest BCUT2D eigenvalue weighted by Gasteiger charge is -2.29. The Balaban J connectivity index is 0.00000243. The lowest BCUT2D eigenvalue weighted by atomic mass is 9.94. The van der Waals surface area contributed by atoms with Crippen molar-refractivity contribution >= 4 is 30.1 Å². The molecule has 0 aromatic heterocycles. The van der Waals surface area contributed by atoms with Crippen molar-refractivity contribution < 1.29 is 14.4 Å². The molecule has 0 spiro atoms. The molecule has 0 saturated heterocycles. The Morgan fingerprint density at radius 3 is 2.42 bits per heavy atom. The van der Waals surface area contributed by atoms with E-state index in [2.05, 4.69) is 0 Å². The lowest BCUT2D eigenvalue weighted by Crippen LogP contribution is -2.41. The third kappa shape index (κ3) is 3.48. The first-order valence-electron chi connectivity index (χ1n) is 8.95. The van der Waals surface area contributed by atoms with Crippen LogP contribution in [-0.2, 0) is 0 Å². The number of hydrogen-bond acceptors (Lipinski definition) is 4. The zero-order chi connectivity index (χ0) is 18.1. The number of likely N-dealkylation sites (N-methyl/N-ethyl adjacent to an activating group) is 1. The molecule has 7 heteroatoms. The molecule has 1 heterocycles. The topological polar surface area (TPSA) is 83.7 Å². The largest absolute Gasteiger partial charge is 0.338 e. The number of benzene rings is 1. The van der Waals surface area contributed by atoms with E-state index in [1.165, 1.54) is 4.90 Å². The standard InChI is InChI=1S/C19H25N3O3.ClH/c1-12(11-20)21(2)17(23)13-8-9-15-16(10-13)19(25)22(18(15)24)14-6-4-3-5-7-14;/h8-10,12,14H,3-7,11,20H2,1-2H3;1H. The number of imide groups is 1. The fourth-order valence-corrected chi connectivity index (χ4v) is 3.63. The van der Waals surface area contributed by atoms with E-state index in [0.29, 0.717) is 23.2 Å². The van der Waals surface area contributed by atoms with Gasteiger partial charge in [-0.25, -0.2) is 0 Å². The molecule has 1 aromatic carbocycles. The van der Waals surface area contributed by atoms with Gasteiger partial charge in [0.2, 0.25) is 0 Å². The van der Waals surface area contributed by atoms with Gasteiger partial charge in [0.05, 0.1) is 11.1 Å². The number of nitrogens with zero attached hydrogens (tertiary/aromatic N) is 2. The van der Waals surface area contributed by atoms with E-state index >= 15 is 0 Å². The van der Waals surface area contributed by atoms with Crippen molar-refractivity contribution in [1.29, 1.82) is 0 Å². The van der Waals surface area contributed by atoms with Gasteiger partial charge >= 0.3 is 0 Å². The molecule has 0 bridgehead atoms. The SMILES string of the molecule is CC(CN)N(C)C(=O)c1ccc2c(c1)C(=O)N(C1CCCCC1)C2=O.Cl. The Kier molecular flexibility index (Phi) is 6.42. The summed E-state index contributed by atoms with van der Waals surface area (Å²) >= 11 is 0. The number of rotatable bonds is 4. The minimum atomic E-state index is -0.268. The molecule has 1 atom stereocenters. The number of carbonyl (C=O) groups excluding carboxylic acids is 3. The van der Waals surface area contributed by atoms with Gasteiger partial charge in [0.15, 0.2) is 0 Å². The van der Waals surface area contributed by atoms with Crippen LogP contribution in [0.25, 0.3) is 0 Å². The van der Waals surface area contributed by atoms with Crippen molar-refractivity contribution in [3.63, 3.8) is 0 Å². The molecule has 3 rings (SSSR count). The maximum absolute atomic E-state index is 12.8. The number of halogens is 1. The molecular formula is C19H26ClN3O3. The average Bonchev–Trinajstić information content (AvgIpc) is 2.90. The molecule has 1 aliphatic heterocycles. The lowest BCUT2D eigenvalue weighted by molar-refractivity contribution is 0.0548. The molecule has 1 unspecified atom stereocenters. The molecule has 1 aromatic rings. The summed E-state index contributed by atoms with van der Waals surface area (Å²) in [5.74, 6) is -0.692. The van der Waals surface area contributed by atoms with Crippen LogP contribution in [-0.4, -0.2) is 53.2 Å². The molecule has 26 heavy (non-hydrogen) atoms. The van der Waals surface area contributed by atoms with E-state index in [9.17, 15) is 14.4 Å². The number of carbonyl (C=O) groups is 3. The second-order valence-corrected chi connectivity index (χ2v) is 7.03. The zero-order valence-electron chi connectivity index (χ0n) is 15.2. The van der Waals surface area contributed by atoms with Crippen molar-refractivity contribution in [2.24, 2.45) is 5.73 Å². The molecule has 2 aliphatic rings. The summed E-state index contributed by atoms with van der Waals surface area (Å²) in [5.41, 5.74) is 6.78. The molecule has 1 aliphatic carbocycles. The molecule has 1 saturated carbocycles. The highest BCUT2D eigenvalue weighted by atomic mass is 35.5. The highest BCUT2D eigenvalue weighted by Gasteiger charge is 2.40. The third-order valence-corrected chi connectivity index (χ3v) is 5.43. The van der Waals surface area contributed by atoms with E-state index in [-0.39, 0.29) is 42.2 Å². The smallest absolute Gasteiger partial charge is 0.261 e. The first-order valence-corrected chi connectivity index (χ1v) is 8.95. The average molecular weight is 380 g/mol. The summed E-state index contributed by atoms with van der Waals surface area (Å²) in [6, 6.07) is 4.67. The van der Waals surface area contributed by atoms with Crippen molar-refractivity contribution in [3.8, 4) is 0 Å². The Hall–Kier alpha value is -1.92. The van der Waals surface area contributed by atoms with E-state index in [1.54, 1.807) is 30.1 Å². The molecule has 3 amide bonds. The van der Waals surface area contributed by atoms with Gasteiger partial charge in [0.25, 0.3) is 17.7 Å². The van der Waals surface area contributed by atoms with Gasteiger partial charge in [0.1, 0.15) is 0 Å². The van der Waals surface area contributed by atoms with Crippen molar-refractivity contribution in [1.82, 2.24) is 9.80 Å². The predicted octanol–water partition coefficient (Wildman–Crippen LogP) is 2.46. The van der Waals surface area contributed by atoms with Gasteiger partial charge in [-0.15, -0.1) is 12.4 Å². The van der Waals surface area contributed by atoms with Gasteiger partial charge in [-0.2, -0.15) is 0 Å². The van der Waals surface area contributed by atoms with Crippen LogP contribution in [0, 0.1) is 0 Å². The summed E-state index contributed by atoms with van der Waals surface area (Å²) in [6.45, 7) is 2.23. The monoisotopic (exact) mass is 379 g/mol. The predicted molar refractivity (Wildman–Crippen MR) is 102 cm³/mol. The van der Waals surface area contributed by atoms with Crippen LogP contribution in [0.2, 0.25) is 0 Å². The fourth-order valence-electron chi connectivity index (χ4n) is 3.63. The van der Waals surface area contributed by atoms with Crippen LogP contribution in [0.5, 0.6) is 0 Å². The molecule has 1 fully saturated rings. The molecule has 0 radical (unpaired) electrons. The second-order valence-electron chi connectivity index (χ2n) is 7.03. The van der Waals surface area contributed by atoms with E-state index in [1.807, 2.05) is 6.92 Å². The summed E-state index contributed by atoms with van der Waals surface area (Å²) < 4.78 is 0. The molecular weight excluding hydrogens is 354 g/mol. The normalized spacial score (nSPS) is 18.3. The van der Waals surface area contributed by atoms with E-state index in [0.717, 1.165) is 32.1 Å². The van der Waals surface area contributed by atoms with Crippen molar-refractivity contribution in [3.05, 3.63) is 34.9 Å². The number of nitrogens with two attached hydrogens (primary N) is 1. The number of amides is 3. The van der Waals surface area contributed by atoms with E-state index in [4.69, 9.17) is 5.73 Å². The van der Waals surface area contributed by atoms with Gasteiger partial charge < -0.3 is 10.6 Å². The maximum atomic E-state index is 12.8. The maximum Gasteiger partial charge on any atom is 0.261 e. The quantitative estimate of drug-likeness (QED) is 0.814. The van der Waals surface area contributed by atoms with Crippen LogP contribution < -0.4 is 5.73 Å². The third-order valence-electron chi connectivity index (χ3n) is 5.43. The van der Waals surface area contributed by atoms with Crippen LogP contribution in [0.1, 0.15) is 70.1 Å². The summed E-state index contributed by atoms with van der Waals surface area (Å²) in [7, 11) is 1.69. The number of fused-ring (bicyclic) bond motifs is 1. The summed E-state index contributed by atoms with van der Waals surface area (Å²) in [6.07, 6.45) is 4.99. The van der Waals surface area contributed by atoms with Gasteiger partial charge in [-0.3, -0.25) is 19.3 Å². The Labute approximate surface area is 160 Å². The molecule has 2 N–H and O–H groups in total. The Morgan fingerprint density at radius 2 is 1.81 bits per heavy atom. The highest BCUT2D eigenvalue weighted by Crippen LogP contribution is 2.31. The molecule has 6 nitrogen and oxygen atoms in total. The van der Waals surface area contributed by atoms with Crippen LogP contribution in [0.15, 0.2) is 18.2 Å². The fraction of sp³-hybridized carbons (Fsp3) is 0.526. The van der Waals surface area contributed by atoms with Gasteiger partial charge in [-0.05, 0) is 38.0 Å². The summed E-state index contributed by atoms with van der Waals surface area (Å²) in [5, 5.41) is 0. The Bertz CT molecular complexity index is 716. The van der Waals surface area contributed by atoms with Gasteiger partial charge in [-0.1, -0.05) is 19.3 Å². The first kappa shape index (κ1) is 20.4. The van der Waals surface area contributed by atoms with Crippen molar-refractivity contribution in [2.45, 2.75) is 51.1 Å². The highest BCUT2D eigenvalue weighted by molar-refractivity contribution is 6.22. The van der Waals surface area contributed by atoms with Crippen LogP contribution in [0.3, 0.4) is 0 Å². The van der Waals surface area contributed by atoms with Gasteiger partial charge in [0, 0.05) is 31.2 Å². The number of hydrogen-bond donors (Lipinski definition) is 1. The Morgan fingerprint density at radius 1 is 1.19 bits per heavy atom. The first-order chi connectivity index (χ1) is 12.0. The second kappa shape index (κ2) is 8.18. The summed E-state index contributed by atoms with van der Waals surface area (Å²) in [4.78, 5) is 41.0. The van der Waals surface area contributed by atoms with Crippen molar-refractivity contribution in [2.75, 3.05) is 13.6 Å². The zero-order valence-corrected chi connectivity index (χ0v) is 16.1. The van der Waals surface area contributed by atoms with Crippen LogP contribution in [0.4, 0.5) is 0 Å².